The molecule has 4 heteroatoms. The largest absolute Gasteiger partial charge is 0.490 e. The number of hydrogen-bond donors (Lipinski definition) is 1. The molecule has 1 aromatic carbocycles. The molecule has 1 N–H and O–H groups in total. The van der Waals surface area contributed by atoms with Crippen LogP contribution in [0.15, 0.2) is 18.2 Å². The Hall–Kier alpha value is -1.26. The molecular weight excluding hydrogens is 230 g/mol. The lowest BCUT2D eigenvalue weighted by Gasteiger charge is -2.25. The van der Waals surface area contributed by atoms with Crippen LogP contribution in [0.4, 0.5) is 0 Å². The standard InChI is InChI=1S/C14H21NO3/c1-3-17-13-6-5-11(9-14(13)18-4-2)12-10-16-8-7-15-12/h5-6,9,12,15H,3-4,7-8,10H2,1-2H3. The first-order chi connectivity index (χ1) is 8.85. The van der Waals surface area contributed by atoms with Crippen molar-refractivity contribution < 1.29 is 14.2 Å². The SMILES string of the molecule is CCOc1ccc(C2COCCN2)cc1OCC. The van der Waals surface area contributed by atoms with Crippen LogP contribution in [0.25, 0.3) is 0 Å². The first kappa shape index (κ1) is 13.2. The van der Waals surface area contributed by atoms with Gasteiger partial charge < -0.3 is 19.5 Å². The summed E-state index contributed by atoms with van der Waals surface area (Å²) in [6.45, 7) is 7.61. The van der Waals surface area contributed by atoms with Crippen molar-refractivity contribution in [2.45, 2.75) is 19.9 Å². The molecule has 0 bridgehead atoms. The Morgan fingerprint density at radius 2 is 2.00 bits per heavy atom. The van der Waals surface area contributed by atoms with E-state index < -0.39 is 0 Å². The summed E-state index contributed by atoms with van der Waals surface area (Å²) in [4.78, 5) is 0. The highest BCUT2D eigenvalue weighted by atomic mass is 16.5. The number of rotatable bonds is 5. The highest BCUT2D eigenvalue weighted by Gasteiger charge is 2.17. The minimum Gasteiger partial charge on any atom is -0.490 e. The number of morpholine rings is 1. The molecule has 4 nitrogen and oxygen atoms in total. The van der Waals surface area contributed by atoms with Crippen LogP contribution < -0.4 is 14.8 Å². The molecular formula is C14H21NO3. The fourth-order valence-electron chi connectivity index (χ4n) is 2.06. The fraction of sp³-hybridized carbons (Fsp3) is 0.571. The average molecular weight is 251 g/mol. The number of nitrogens with one attached hydrogen (secondary N) is 1. The van der Waals surface area contributed by atoms with E-state index in [1.807, 2.05) is 26.0 Å². The molecule has 0 amide bonds. The Kier molecular flexibility index (Phi) is 4.84. The van der Waals surface area contributed by atoms with Gasteiger partial charge in [0.2, 0.25) is 0 Å². The third kappa shape index (κ3) is 3.15. The first-order valence-corrected chi connectivity index (χ1v) is 6.55. The van der Waals surface area contributed by atoms with Crippen LogP contribution in [0.1, 0.15) is 25.5 Å². The van der Waals surface area contributed by atoms with E-state index in [1.54, 1.807) is 0 Å². The quantitative estimate of drug-likeness (QED) is 0.870. The van der Waals surface area contributed by atoms with E-state index in [9.17, 15) is 0 Å². The van der Waals surface area contributed by atoms with E-state index in [1.165, 1.54) is 5.56 Å². The summed E-state index contributed by atoms with van der Waals surface area (Å²) in [6, 6.07) is 6.33. The van der Waals surface area contributed by atoms with Crippen LogP contribution >= 0.6 is 0 Å². The van der Waals surface area contributed by atoms with Crippen molar-refractivity contribution in [3.05, 3.63) is 23.8 Å². The maximum atomic E-state index is 5.63. The van der Waals surface area contributed by atoms with Crippen molar-refractivity contribution in [3.8, 4) is 11.5 Å². The Morgan fingerprint density at radius 3 is 2.67 bits per heavy atom. The lowest BCUT2D eigenvalue weighted by molar-refractivity contribution is 0.0768. The van der Waals surface area contributed by atoms with Crippen molar-refractivity contribution >= 4 is 0 Å². The van der Waals surface area contributed by atoms with Crippen molar-refractivity contribution in [2.75, 3.05) is 33.0 Å². The zero-order valence-electron chi connectivity index (χ0n) is 11.1. The molecule has 0 aromatic heterocycles. The molecule has 0 saturated carbocycles. The maximum absolute atomic E-state index is 5.63. The third-order valence-electron chi connectivity index (χ3n) is 2.89. The maximum Gasteiger partial charge on any atom is 0.161 e. The Bertz CT molecular complexity index is 375. The number of benzene rings is 1. The highest BCUT2D eigenvalue weighted by molar-refractivity contribution is 5.44. The third-order valence-corrected chi connectivity index (χ3v) is 2.89. The summed E-state index contributed by atoms with van der Waals surface area (Å²) in [5.74, 6) is 1.61. The van der Waals surface area contributed by atoms with Crippen molar-refractivity contribution in [1.29, 1.82) is 0 Å². The predicted octanol–water partition coefficient (Wildman–Crippen LogP) is 2.14. The van der Waals surface area contributed by atoms with E-state index in [0.717, 1.165) is 24.7 Å². The molecule has 100 valence electrons. The lowest BCUT2D eigenvalue weighted by Crippen LogP contribution is -2.34. The van der Waals surface area contributed by atoms with Crippen molar-refractivity contribution in [3.63, 3.8) is 0 Å². The van der Waals surface area contributed by atoms with Crippen LogP contribution in [0.5, 0.6) is 11.5 Å². The predicted molar refractivity (Wildman–Crippen MR) is 70.3 cm³/mol. The molecule has 0 spiro atoms. The molecule has 1 fully saturated rings. The van der Waals surface area contributed by atoms with E-state index in [2.05, 4.69) is 11.4 Å². The summed E-state index contributed by atoms with van der Waals surface area (Å²) < 4.78 is 16.7. The smallest absolute Gasteiger partial charge is 0.161 e. The van der Waals surface area contributed by atoms with Gasteiger partial charge in [-0.15, -0.1) is 0 Å². The Morgan fingerprint density at radius 1 is 1.22 bits per heavy atom. The molecule has 1 heterocycles. The van der Waals surface area contributed by atoms with E-state index in [-0.39, 0.29) is 6.04 Å². The molecule has 1 aliphatic rings. The van der Waals surface area contributed by atoms with Crippen LogP contribution in [0.2, 0.25) is 0 Å². The van der Waals surface area contributed by atoms with Gasteiger partial charge in [-0.3, -0.25) is 0 Å². The second-order valence-electron chi connectivity index (χ2n) is 4.15. The van der Waals surface area contributed by atoms with Gasteiger partial charge in [0.1, 0.15) is 0 Å². The zero-order chi connectivity index (χ0) is 12.8. The van der Waals surface area contributed by atoms with Gasteiger partial charge in [-0.1, -0.05) is 6.07 Å². The molecule has 1 saturated heterocycles. The summed E-state index contributed by atoms with van der Waals surface area (Å²) in [5, 5.41) is 3.43. The van der Waals surface area contributed by atoms with Crippen LogP contribution in [0, 0.1) is 0 Å². The van der Waals surface area contributed by atoms with E-state index >= 15 is 0 Å². The highest BCUT2D eigenvalue weighted by Crippen LogP contribution is 2.31. The minimum absolute atomic E-state index is 0.244. The van der Waals surface area contributed by atoms with E-state index in [0.29, 0.717) is 19.8 Å². The summed E-state index contributed by atoms with van der Waals surface area (Å²) in [6.07, 6.45) is 0. The van der Waals surface area contributed by atoms with Gasteiger partial charge in [-0.05, 0) is 31.5 Å². The fourth-order valence-corrected chi connectivity index (χ4v) is 2.06. The first-order valence-electron chi connectivity index (χ1n) is 6.55. The molecule has 1 aliphatic heterocycles. The zero-order valence-corrected chi connectivity index (χ0v) is 11.1. The summed E-state index contributed by atoms with van der Waals surface area (Å²) >= 11 is 0. The second kappa shape index (κ2) is 6.61. The second-order valence-corrected chi connectivity index (χ2v) is 4.15. The van der Waals surface area contributed by atoms with Crippen molar-refractivity contribution in [2.24, 2.45) is 0 Å². The summed E-state index contributed by atoms with van der Waals surface area (Å²) in [7, 11) is 0. The van der Waals surface area contributed by atoms with Gasteiger partial charge in [-0.2, -0.15) is 0 Å². The van der Waals surface area contributed by atoms with E-state index in [4.69, 9.17) is 14.2 Å². The molecule has 0 radical (unpaired) electrons. The number of hydrogen-bond acceptors (Lipinski definition) is 4. The molecule has 2 rings (SSSR count). The van der Waals surface area contributed by atoms with Gasteiger partial charge >= 0.3 is 0 Å². The molecule has 1 aromatic rings. The minimum atomic E-state index is 0.244. The summed E-state index contributed by atoms with van der Waals surface area (Å²) in [5.41, 5.74) is 1.18. The average Bonchev–Trinajstić information content (AvgIpc) is 2.42. The Labute approximate surface area is 108 Å². The van der Waals surface area contributed by atoms with Gasteiger partial charge in [0.15, 0.2) is 11.5 Å². The molecule has 1 atom stereocenters. The van der Waals surface area contributed by atoms with Gasteiger partial charge in [0.25, 0.3) is 0 Å². The van der Waals surface area contributed by atoms with Crippen LogP contribution in [-0.2, 0) is 4.74 Å². The van der Waals surface area contributed by atoms with Crippen LogP contribution in [0.3, 0.4) is 0 Å². The van der Waals surface area contributed by atoms with Crippen LogP contribution in [-0.4, -0.2) is 33.0 Å². The molecule has 18 heavy (non-hydrogen) atoms. The normalized spacial score (nSPS) is 19.6. The van der Waals surface area contributed by atoms with Gasteiger partial charge in [-0.25, -0.2) is 0 Å². The topological polar surface area (TPSA) is 39.7 Å². The van der Waals surface area contributed by atoms with Gasteiger partial charge in [0.05, 0.1) is 32.5 Å². The lowest BCUT2D eigenvalue weighted by atomic mass is 10.1. The Balaban J connectivity index is 2.18. The number of ether oxygens (including phenoxy) is 3. The molecule has 1 unspecified atom stereocenters. The monoisotopic (exact) mass is 251 g/mol. The van der Waals surface area contributed by atoms with Crippen molar-refractivity contribution in [1.82, 2.24) is 5.32 Å². The molecule has 0 aliphatic carbocycles. The van der Waals surface area contributed by atoms with Gasteiger partial charge in [0, 0.05) is 6.54 Å².